The minimum atomic E-state index is -0.0378. The molecule has 2 N–H and O–H groups in total. The summed E-state index contributed by atoms with van der Waals surface area (Å²) in [5.41, 5.74) is 1.96. The van der Waals surface area contributed by atoms with Gasteiger partial charge in [0.15, 0.2) is 0 Å². The lowest BCUT2D eigenvalue weighted by molar-refractivity contribution is -0.130. The van der Waals surface area contributed by atoms with Crippen molar-refractivity contribution in [3.05, 3.63) is 54.1 Å². The number of likely N-dealkylation sites (tertiary alicyclic amines) is 1. The molecular weight excluding hydrogens is 328 g/mol. The minimum absolute atomic E-state index is 0.0378. The van der Waals surface area contributed by atoms with Gasteiger partial charge in [0.05, 0.1) is 0 Å². The quantitative estimate of drug-likeness (QED) is 0.865. The van der Waals surface area contributed by atoms with Crippen LogP contribution in [0, 0.1) is 5.41 Å². The predicted octanol–water partition coefficient (Wildman–Crippen LogP) is 2.15. The summed E-state index contributed by atoms with van der Waals surface area (Å²) >= 11 is 0. The number of pyridine rings is 1. The number of hydrogen-bond acceptors (Lipinski definition) is 3. The molecule has 1 saturated heterocycles. The fourth-order valence-electron chi connectivity index (χ4n) is 4.26. The molecule has 0 bridgehead atoms. The monoisotopic (exact) mass is 352 g/mol. The van der Waals surface area contributed by atoms with Gasteiger partial charge < -0.3 is 15.2 Å². The Balaban J connectivity index is 1.23. The molecule has 1 aliphatic carbocycles. The number of carbonyl (C=O) groups is 2. The molecule has 1 aliphatic heterocycles. The van der Waals surface area contributed by atoms with Gasteiger partial charge in [0.2, 0.25) is 5.91 Å². The molecule has 6 nitrogen and oxygen atoms in total. The van der Waals surface area contributed by atoms with Crippen LogP contribution >= 0.6 is 0 Å². The van der Waals surface area contributed by atoms with Gasteiger partial charge in [-0.25, -0.2) is 0 Å². The number of carbonyl (C=O) groups excluding carboxylic acids is 2. The molecule has 2 aromatic rings. The molecule has 1 saturated carbocycles. The lowest BCUT2D eigenvalue weighted by Crippen LogP contribution is -2.52. The molecule has 2 aromatic heterocycles. The number of aryl methyl sites for hydroxylation is 1. The van der Waals surface area contributed by atoms with E-state index in [0.29, 0.717) is 12.0 Å². The Morgan fingerprint density at radius 3 is 2.81 bits per heavy atom. The maximum Gasteiger partial charge on any atom is 0.251 e. The van der Waals surface area contributed by atoms with Gasteiger partial charge >= 0.3 is 0 Å². The minimum Gasteiger partial charge on any atom is -0.365 e. The molecule has 2 fully saturated rings. The predicted molar refractivity (Wildman–Crippen MR) is 97.5 cm³/mol. The number of hydrogen-bond donors (Lipinski definition) is 2. The first-order chi connectivity index (χ1) is 12.6. The molecule has 0 radical (unpaired) electrons. The van der Waals surface area contributed by atoms with E-state index in [0.717, 1.165) is 44.5 Å². The number of rotatable bonds is 5. The third kappa shape index (κ3) is 3.49. The molecule has 6 heteroatoms. The molecule has 136 valence electrons. The van der Waals surface area contributed by atoms with Gasteiger partial charge in [-0.3, -0.25) is 14.6 Å². The molecule has 0 atom stereocenters. The van der Waals surface area contributed by atoms with Gasteiger partial charge in [-0.15, -0.1) is 0 Å². The zero-order valence-corrected chi connectivity index (χ0v) is 14.8. The molecule has 2 amide bonds. The van der Waals surface area contributed by atoms with Crippen molar-refractivity contribution in [3.63, 3.8) is 0 Å². The summed E-state index contributed by atoms with van der Waals surface area (Å²) in [6.07, 6.45) is 9.44. The van der Waals surface area contributed by atoms with Gasteiger partial charge in [0.1, 0.15) is 0 Å². The lowest BCUT2D eigenvalue weighted by Gasteiger charge is -2.45. The van der Waals surface area contributed by atoms with Crippen molar-refractivity contribution in [2.75, 3.05) is 13.1 Å². The summed E-state index contributed by atoms with van der Waals surface area (Å²) in [4.78, 5) is 33.7. The largest absolute Gasteiger partial charge is 0.365 e. The zero-order valence-electron chi connectivity index (χ0n) is 14.8. The van der Waals surface area contributed by atoms with Crippen molar-refractivity contribution in [2.24, 2.45) is 5.41 Å². The van der Waals surface area contributed by atoms with Crippen LogP contribution in [-0.4, -0.2) is 45.8 Å². The summed E-state index contributed by atoms with van der Waals surface area (Å²) in [7, 11) is 0. The van der Waals surface area contributed by atoms with E-state index in [9.17, 15) is 9.59 Å². The first-order valence-corrected chi connectivity index (χ1v) is 9.25. The summed E-state index contributed by atoms with van der Waals surface area (Å²) in [5.74, 6) is 0.199. The molecule has 3 heterocycles. The molecule has 1 spiro atoms. The van der Waals surface area contributed by atoms with Gasteiger partial charge in [-0.2, -0.15) is 0 Å². The molecular formula is C20H24N4O2. The highest BCUT2D eigenvalue weighted by Crippen LogP contribution is 2.48. The van der Waals surface area contributed by atoms with Gasteiger partial charge in [-0.05, 0) is 55.4 Å². The fraction of sp³-hybridized carbons (Fsp3) is 0.450. The van der Waals surface area contributed by atoms with Crippen molar-refractivity contribution >= 4 is 11.8 Å². The van der Waals surface area contributed by atoms with Crippen LogP contribution in [0.5, 0.6) is 0 Å². The summed E-state index contributed by atoms with van der Waals surface area (Å²) in [6.45, 7) is 1.67. The fourth-order valence-corrected chi connectivity index (χ4v) is 4.26. The Morgan fingerprint density at radius 2 is 2.08 bits per heavy atom. The van der Waals surface area contributed by atoms with E-state index in [1.54, 1.807) is 24.5 Å². The maximum atomic E-state index is 12.4. The number of aromatic nitrogens is 2. The Labute approximate surface area is 153 Å². The third-order valence-corrected chi connectivity index (χ3v) is 5.70. The normalized spacial score (nSPS) is 24.5. The van der Waals surface area contributed by atoms with E-state index in [1.807, 2.05) is 23.2 Å². The van der Waals surface area contributed by atoms with Crippen LogP contribution in [0.15, 0.2) is 42.9 Å². The van der Waals surface area contributed by atoms with Crippen molar-refractivity contribution in [1.82, 2.24) is 20.2 Å². The maximum absolute atomic E-state index is 12.4. The molecule has 0 aromatic carbocycles. The van der Waals surface area contributed by atoms with Gasteiger partial charge in [0, 0.05) is 55.4 Å². The van der Waals surface area contributed by atoms with Crippen molar-refractivity contribution < 1.29 is 9.59 Å². The Kier molecular flexibility index (Phi) is 4.49. The zero-order chi connectivity index (χ0) is 18.0. The van der Waals surface area contributed by atoms with Crippen molar-refractivity contribution in [1.29, 1.82) is 0 Å². The second kappa shape index (κ2) is 6.94. The highest BCUT2D eigenvalue weighted by molar-refractivity contribution is 5.94. The standard InChI is InChI=1S/C20H24N4O2/c25-18(4-3-16-2-1-8-22-16)24-11-7-20(14-24)12-17(13-20)23-19(26)15-5-9-21-10-6-15/h1-2,5-6,8-10,17,22H,3-4,7,11-14H2,(H,23,26). The highest BCUT2D eigenvalue weighted by Gasteiger charge is 2.49. The SMILES string of the molecule is O=C(NC1CC2(CCN(C(=O)CCc3ccc[nH]3)C2)C1)c1ccncc1. The molecule has 26 heavy (non-hydrogen) atoms. The van der Waals surface area contributed by atoms with E-state index in [4.69, 9.17) is 0 Å². The topological polar surface area (TPSA) is 78.1 Å². The number of nitrogens with one attached hydrogen (secondary N) is 2. The Hall–Kier alpha value is -2.63. The second-order valence-corrected chi connectivity index (χ2v) is 7.58. The van der Waals surface area contributed by atoms with E-state index in [2.05, 4.69) is 15.3 Å². The van der Waals surface area contributed by atoms with Crippen LogP contribution in [0.2, 0.25) is 0 Å². The molecule has 2 aliphatic rings. The number of amides is 2. The smallest absolute Gasteiger partial charge is 0.251 e. The summed E-state index contributed by atoms with van der Waals surface area (Å²) in [5, 5.41) is 3.10. The average molecular weight is 352 g/mol. The van der Waals surface area contributed by atoms with E-state index >= 15 is 0 Å². The first kappa shape index (κ1) is 16.8. The van der Waals surface area contributed by atoms with Crippen LogP contribution in [0.4, 0.5) is 0 Å². The third-order valence-electron chi connectivity index (χ3n) is 5.70. The van der Waals surface area contributed by atoms with Crippen LogP contribution in [0.25, 0.3) is 0 Å². The first-order valence-electron chi connectivity index (χ1n) is 9.25. The Morgan fingerprint density at radius 1 is 1.27 bits per heavy atom. The number of aromatic amines is 1. The second-order valence-electron chi connectivity index (χ2n) is 7.58. The lowest BCUT2D eigenvalue weighted by atomic mass is 9.65. The molecule has 0 unspecified atom stereocenters. The summed E-state index contributed by atoms with van der Waals surface area (Å²) < 4.78 is 0. The van der Waals surface area contributed by atoms with Crippen LogP contribution in [0.3, 0.4) is 0 Å². The van der Waals surface area contributed by atoms with Crippen LogP contribution < -0.4 is 5.32 Å². The number of nitrogens with zero attached hydrogens (tertiary/aromatic N) is 2. The summed E-state index contributed by atoms with van der Waals surface area (Å²) in [6, 6.07) is 7.64. The highest BCUT2D eigenvalue weighted by atomic mass is 16.2. The van der Waals surface area contributed by atoms with E-state index < -0.39 is 0 Å². The molecule has 4 rings (SSSR count). The van der Waals surface area contributed by atoms with Crippen molar-refractivity contribution in [2.45, 2.75) is 38.1 Å². The van der Waals surface area contributed by atoms with Crippen LogP contribution in [-0.2, 0) is 11.2 Å². The van der Waals surface area contributed by atoms with Gasteiger partial charge in [-0.1, -0.05) is 0 Å². The Bertz CT molecular complexity index is 766. The number of H-pyrrole nitrogens is 1. The van der Waals surface area contributed by atoms with Crippen LogP contribution in [0.1, 0.15) is 41.7 Å². The average Bonchev–Trinajstić information content (AvgIpc) is 3.30. The van der Waals surface area contributed by atoms with E-state index in [1.165, 1.54) is 0 Å². The van der Waals surface area contributed by atoms with Gasteiger partial charge in [0.25, 0.3) is 5.91 Å². The van der Waals surface area contributed by atoms with E-state index in [-0.39, 0.29) is 23.3 Å². The van der Waals surface area contributed by atoms with Crippen molar-refractivity contribution in [3.8, 4) is 0 Å².